The van der Waals surface area contributed by atoms with Crippen molar-refractivity contribution in [2.75, 3.05) is 26.2 Å². The summed E-state index contributed by atoms with van der Waals surface area (Å²) in [7, 11) is 0. The SMILES string of the molecule is O=C(NCc1ccccc1)c1ccc(CN2CCN(C(=O)c3ccco3)CC2)cc1. The monoisotopic (exact) mass is 403 g/mol. The summed E-state index contributed by atoms with van der Waals surface area (Å²) in [5.74, 6) is 0.269. The maximum Gasteiger partial charge on any atom is 0.289 e. The van der Waals surface area contributed by atoms with Gasteiger partial charge in [-0.25, -0.2) is 0 Å². The first-order valence-electron chi connectivity index (χ1n) is 10.2. The summed E-state index contributed by atoms with van der Waals surface area (Å²) in [6.07, 6.45) is 1.52. The van der Waals surface area contributed by atoms with Gasteiger partial charge in [-0.15, -0.1) is 0 Å². The molecule has 2 aromatic carbocycles. The number of furan rings is 1. The van der Waals surface area contributed by atoms with Gasteiger partial charge in [0.1, 0.15) is 0 Å². The first-order chi connectivity index (χ1) is 14.7. The zero-order valence-corrected chi connectivity index (χ0v) is 16.8. The summed E-state index contributed by atoms with van der Waals surface area (Å²) in [5.41, 5.74) is 2.89. The van der Waals surface area contributed by atoms with Crippen molar-refractivity contribution in [3.8, 4) is 0 Å². The van der Waals surface area contributed by atoms with Crippen LogP contribution in [0.15, 0.2) is 77.4 Å². The lowest BCUT2D eigenvalue weighted by Crippen LogP contribution is -2.48. The molecule has 1 fully saturated rings. The highest BCUT2D eigenvalue weighted by Crippen LogP contribution is 2.13. The number of rotatable bonds is 6. The van der Waals surface area contributed by atoms with Crippen LogP contribution in [0.4, 0.5) is 0 Å². The van der Waals surface area contributed by atoms with E-state index in [1.54, 1.807) is 12.1 Å². The van der Waals surface area contributed by atoms with E-state index in [1.165, 1.54) is 6.26 Å². The Labute approximate surface area is 176 Å². The zero-order chi connectivity index (χ0) is 20.8. The quantitative estimate of drug-likeness (QED) is 0.687. The molecule has 30 heavy (non-hydrogen) atoms. The lowest BCUT2D eigenvalue weighted by Gasteiger charge is -2.34. The van der Waals surface area contributed by atoms with Gasteiger partial charge in [-0.05, 0) is 35.4 Å². The Morgan fingerprint density at radius 2 is 1.57 bits per heavy atom. The molecule has 1 aliphatic heterocycles. The predicted octanol–water partition coefficient (Wildman–Crippen LogP) is 3.17. The van der Waals surface area contributed by atoms with E-state index in [-0.39, 0.29) is 11.8 Å². The number of hydrogen-bond donors (Lipinski definition) is 1. The number of nitrogens with one attached hydrogen (secondary N) is 1. The van der Waals surface area contributed by atoms with Crippen molar-refractivity contribution in [3.05, 3.63) is 95.4 Å². The minimum atomic E-state index is -0.0737. The van der Waals surface area contributed by atoms with Crippen LogP contribution in [0, 0.1) is 0 Å². The van der Waals surface area contributed by atoms with E-state index < -0.39 is 0 Å². The number of amides is 2. The molecule has 6 nitrogen and oxygen atoms in total. The molecule has 0 saturated carbocycles. The maximum atomic E-state index is 12.4. The standard InChI is InChI=1S/C24H25N3O3/c28-23(25-17-19-5-2-1-3-6-19)21-10-8-20(9-11-21)18-26-12-14-27(15-13-26)24(29)22-7-4-16-30-22/h1-11,16H,12-15,17-18H2,(H,25,28). The number of benzene rings is 2. The fraction of sp³-hybridized carbons (Fsp3) is 0.250. The van der Waals surface area contributed by atoms with Crippen LogP contribution in [0.5, 0.6) is 0 Å². The third-order valence-corrected chi connectivity index (χ3v) is 5.31. The Kier molecular flexibility index (Phi) is 6.25. The maximum absolute atomic E-state index is 12.4. The second-order valence-corrected chi connectivity index (χ2v) is 7.41. The second kappa shape index (κ2) is 9.41. The van der Waals surface area contributed by atoms with E-state index in [0.29, 0.717) is 31.0 Å². The van der Waals surface area contributed by atoms with Crippen molar-refractivity contribution in [2.45, 2.75) is 13.1 Å². The lowest BCUT2D eigenvalue weighted by molar-refractivity contribution is 0.0597. The molecule has 1 N–H and O–H groups in total. The van der Waals surface area contributed by atoms with Crippen LogP contribution in [0.25, 0.3) is 0 Å². The Bertz CT molecular complexity index is 961. The number of nitrogens with zero attached hydrogens (tertiary/aromatic N) is 2. The van der Waals surface area contributed by atoms with Gasteiger partial charge in [0, 0.05) is 44.8 Å². The number of carbonyl (C=O) groups is 2. The number of hydrogen-bond acceptors (Lipinski definition) is 4. The highest BCUT2D eigenvalue weighted by Gasteiger charge is 2.23. The molecule has 2 heterocycles. The molecule has 0 atom stereocenters. The normalized spacial score (nSPS) is 14.5. The van der Waals surface area contributed by atoms with E-state index in [9.17, 15) is 9.59 Å². The summed E-state index contributed by atoms with van der Waals surface area (Å²) < 4.78 is 5.21. The molecule has 2 amide bonds. The van der Waals surface area contributed by atoms with Crippen molar-refractivity contribution in [3.63, 3.8) is 0 Å². The van der Waals surface area contributed by atoms with E-state index in [4.69, 9.17) is 4.42 Å². The van der Waals surface area contributed by atoms with Crippen molar-refractivity contribution in [1.29, 1.82) is 0 Å². The highest BCUT2D eigenvalue weighted by atomic mass is 16.3. The third-order valence-electron chi connectivity index (χ3n) is 5.31. The van der Waals surface area contributed by atoms with Crippen LogP contribution in [0.3, 0.4) is 0 Å². The predicted molar refractivity (Wildman–Crippen MR) is 114 cm³/mol. The van der Waals surface area contributed by atoms with E-state index >= 15 is 0 Å². The van der Waals surface area contributed by atoms with Gasteiger partial charge in [-0.1, -0.05) is 42.5 Å². The van der Waals surface area contributed by atoms with Gasteiger partial charge in [-0.3, -0.25) is 14.5 Å². The molecule has 3 aromatic rings. The average Bonchev–Trinajstić information content (AvgIpc) is 3.34. The van der Waals surface area contributed by atoms with Gasteiger partial charge in [0.15, 0.2) is 5.76 Å². The fourth-order valence-electron chi connectivity index (χ4n) is 3.57. The summed E-state index contributed by atoms with van der Waals surface area (Å²) in [5, 5.41) is 2.95. The molecular weight excluding hydrogens is 378 g/mol. The van der Waals surface area contributed by atoms with Gasteiger partial charge in [0.05, 0.1) is 6.26 Å². The second-order valence-electron chi connectivity index (χ2n) is 7.41. The minimum absolute atomic E-state index is 0.0504. The molecular formula is C24H25N3O3. The van der Waals surface area contributed by atoms with Gasteiger partial charge in [0.25, 0.3) is 11.8 Å². The van der Waals surface area contributed by atoms with E-state index in [2.05, 4.69) is 10.2 Å². The molecule has 1 aliphatic rings. The van der Waals surface area contributed by atoms with E-state index in [0.717, 1.165) is 30.8 Å². The smallest absolute Gasteiger partial charge is 0.289 e. The fourth-order valence-corrected chi connectivity index (χ4v) is 3.57. The van der Waals surface area contributed by atoms with Gasteiger partial charge in [-0.2, -0.15) is 0 Å². The first kappa shape index (κ1) is 19.9. The number of piperazine rings is 1. The van der Waals surface area contributed by atoms with Gasteiger partial charge < -0.3 is 14.6 Å². The molecule has 0 unspecified atom stereocenters. The molecule has 1 aromatic heterocycles. The summed E-state index contributed by atoms with van der Waals surface area (Å²) in [6.45, 7) is 4.30. The highest BCUT2D eigenvalue weighted by molar-refractivity contribution is 5.94. The largest absolute Gasteiger partial charge is 0.459 e. The Hall–Kier alpha value is -3.38. The Balaban J connectivity index is 1.25. The molecule has 0 spiro atoms. The van der Waals surface area contributed by atoms with Crippen molar-refractivity contribution in [1.82, 2.24) is 15.1 Å². The summed E-state index contributed by atoms with van der Waals surface area (Å²) in [4.78, 5) is 28.8. The average molecular weight is 403 g/mol. The zero-order valence-electron chi connectivity index (χ0n) is 16.8. The molecule has 0 radical (unpaired) electrons. The molecule has 154 valence electrons. The van der Waals surface area contributed by atoms with Gasteiger partial charge >= 0.3 is 0 Å². The van der Waals surface area contributed by atoms with Crippen molar-refractivity contribution in [2.24, 2.45) is 0 Å². The lowest BCUT2D eigenvalue weighted by atomic mass is 10.1. The first-order valence-corrected chi connectivity index (χ1v) is 10.2. The molecule has 4 rings (SSSR count). The molecule has 0 aliphatic carbocycles. The van der Waals surface area contributed by atoms with Crippen LogP contribution in [-0.2, 0) is 13.1 Å². The Morgan fingerprint density at radius 1 is 0.833 bits per heavy atom. The van der Waals surface area contributed by atoms with Crippen LogP contribution in [-0.4, -0.2) is 47.8 Å². The minimum Gasteiger partial charge on any atom is -0.459 e. The van der Waals surface area contributed by atoms with Crippen LogP contribution in [0.1, 0.15) is 32.0 Å². The summed E-state index contributed by atoms with van der Waals surface area (Å²) >= 11 is 0. The topological polar surface area (TPSA) is 65.8 Å². The van der Waals surface area contributed by atoms with E-state index in [1.807, 2.05) is 59.5 Å². The third kappa shape index (κ3) is 4.96. The van der Waals surface area contributed by atoms with Crippen LogP contribution >= 0.6 is 0 Å². The molecule has 6 heteroatoms. The Morgan fingerprint density at radius 3 is 2.23 bits per heavy atom. The summed E-state index contributed by atoms with van der Waals surface area (Å²) in [6, 6.07) is 21.0. The van der Waals surface area contributed by atoms with Crippen molar-refractivity contribution < 1.29 is 14.0 Å². The van der Waals surface area contributed by atoms with Crippen LogP contribution < -0.4 is 5.32 Å². The molecule has 1 saturated heterocycles. The van der Waals surface area contributed by atoms with Crippen molar-refractivity contribution >= 4 is 11.8 Å². The number of carbonyl (C=O) groups excluding carboxylic acids is 2. The van der Waals surface area contributed by atoms with Gasteiger partial charge in [0.2, 0.25) is 0 Å². The van der Waals surface area contributed by atoms with Crippen LogP contribution in [0.2, 0.25) is 0 Å². The molecule has 0 bridgehead atoms.